The maximum absolute atomic E-state index is 12.1. The summed E-state index contributed by atoms with van der Waals surface area (Å²) in [4.78, 5) is 25.3. The van der Waals surface area contributed by atoms with E-state index in [9.17, 15) is 9.59 Å². The number of aliphatic hydroxyl groups is 1. The molecule has 2 N–H and O–H groups in total. The molecule has 0 spiro atoms. The Balaban J connectivity index is 2.97. The number of halogens is 1. The maximum atomic E-state index is 12.1. The Bertz CT molecular complexity index is 450. The summed E-state index contributed by atoms with van der Waals surface area (Å²) in [7, 11) is 1.49. The van der Waals surface area contributed by atoms with Crippen molar-refractivity contribution in [1.82, 2.24) is 4.90 Å². The van der Waals surface area contributed by atoms with Crippen LogP contribution < -0.4 is 4.90 Å². The van der Waals surface area contributed by atoms with Gasteiger partial charge < -0.3 is 15.1 Å². The summed E-state index contributed by atoms with van der Waals surface area (Å²) in [5, 5.41) is 18.2. The van der Waals surface area contributed by atoms with Gasteiger partial charge in [-0.3, -0.25) is 9.69 Å². The minimum absolute atomic E-state index is 0.128. The Morgan fingerprint density at radius 2 is 1.84 bits per heavy atom. The Kier molecular flexibility index (Phi) is 5.59. The number of hydrogen-bond donors (Lipinski definition) is 2. The van der Waals surface area contributed by atoms with E-state index in [-0.39, 0.29) is 13.2 Å². The SMILES string of the molecule is CN(CCO)C(=O)N(CC(=O)O)c1ccc(Cl)cc1. The van der Waals surface area contributed by atoms with Gasteiger partial charge in [-0.2, -0.15) is 0 Å². The monoisotopic (exact) mass is 286 g/mol. The van der Waals surface area contributed by atoms with Crippen LogP contribution in [0.1, 0.15) is 0 Å². The predicted octanol–water partition coefficient (Wildman–Crippen LogP) is 1.28. The number of anilines is 1. The molecule has 1 aromatic carbocycles. The molecular formula is C12H15ClN2O4. The second-order valence-corrected chi connectivity index (χ2v) is 4.32. The van der Waals surface area contributed by atoms with Gasteiger partial charge in [0.05, 0.1) is 6.61 Å². The first-order valence-electron chi connectivity index (χ1n) is 5.56. The summed E-state index contributed by atoms with van der Waals surface area (Å²) < 4.78 is 0. The van der Waals surface area contributed by atoms with E-state index in [0.29, 0.717) is 10.7 Å². The van der Waals surface area contributed by atoms with Gasteiger partial charge in [0.25, 0.3) is 0 Å². The van der Waals surface area contributed by atoms with Crippen molar-refractivity contribution < 1.29 is 19.8 Å². The molecule has 2 amide bonds. The molecule has 0 aliphatic carbocycles. The smallest absolute Gasteiger partial charge is 0.324 e. The highest BCUT2D eigenvalue weighted by Crippen LogP contribution is 2.19. The predicted molar refractivity (Wildman–Crippen MR) is 71.5 cm³/mol. The molecule has 0 atom stereocenters. The molecule has 0 unspecified atom stereocenters. The number of carboxylic acid groups (broad SMARTS) is 1. The van der Waals surface area contributed by atoms with Crippen LogP contribution in [0.5, 0.6) is 0 Å². The lowest BCUT2D eigenvalue weighted by molar-refractivity contribution is -0.135. The van der Waals surface area contributed by atoms with Gasteiger partial charge in [0.2, 0.25) is 0 Å². The number of carbonyl (C=O) groups excluding carboxylic acids is 1. The van der Waals surface area contributed by atoms with Crippen LogP contribution in [-0.4, -0.2) is 53.9 Å². The third-order valence-corrected chi connectivity index (χ3v) is 2.68. The molecule has 0 radical (unpaired) electrons. The third-order valence-electron chi connectivity index (χ3n) is 2.42. The van der Waals surface area contributed by atoms with Crippen LogP contribution in [0.2, 0.25) is 5.02 Å². The van der Waals surface area contributed by atoms with Gasteiger partial charge in [0.1, 0.15) is 6.54 Å². The standard InChI is InChI=1S/C12H15ClN2O4/c1-14(6-7-16)12(19)15(8-11(17)18)10-4-2-9(13)3-5-10/h2-5,16H,6-8H2,1H3,(H,17,18). The Morgan fingerprint density at radius 3 is 2.32 bits per heavy atom. The summed E-state index contributed by atoms with van der Waals surface area (Å²) in [6, 6.07) is 5.78. The molecule has 0 saturated heterocycles. The quantitative estimate of drug-likeness (QED) is 0.854. The summed E-state index contributed by atoms with van der Waals surface area (Å²) in [6.07, 6.45) is 0. The number of benzene rings is 1. The summed E-state index contributed by atoms with van der Waals surface area (Å²) in [6.45, 7) is -0.525. The fourth-order valence-electron chi connectivity index (χ4n) is 1.48. The average Bonchev–Trinajstić information content (AvgIpc) is 2.36. The van der Waals surface area contributed by atoms with Crippen molar-refractivity contribution in [3.8, 4) is 0 Å². The van der Waals surface area contributed by atoms with Gasteiger partial charge in [0, 0.05) is 24.3 Å². The molecule has 1 aromatic rings. The fourth-order valence-corrected chi connectivity index (χ4v) is 1.60. The number of urea groups is 1. The van der Waals surface area contributed by atoms with E-state index in [1.807, 2.05) is 0 Å². The van der Waals surface area contributed by atoms with Crippen molar-refractivity contribution in [2.75, 3.05) is 31.6 Å². The molecule has 0 bridgehead atoms. The second kappa shape index (κ2) is 6.96. The van der Waals surface area contributed by atoms with E-state index >= 15 is 0 Å². The highest BCUT2D eigenvalue weighted by molar-refractivity contribution is 6.30. The highest BCUT2D eigenvalue weighted by Gasteiger charge is 2.21. The lowest BCUT2D eigenvalue weighted by atomic mass is 10.3. The third kappa shape index (κ3) is 4.42. The highest BCUT2D eigenvalue weighted by atomic mass is 35.5. The van der Waals surface area contributed by atoms with E-state index in [1.54, 1.807) is 24.3 Å². The minimum Gasteiger partial charge on any atom is -0.480 e. The molecule has 0 heterocycles. The van der Waals surface area contributed by atoms with Gasteiger partial charge in [-0.25, -0.2) is 4.79 Å². The van der Waals surface area contributed by atoms with Gasteiger partial charge in [0.15, 0.2) is 0 Å². The number of likely N-dealkylation sites (N-methyl/N-ethyl adjacent to an activating group) is 1. The van der Waals surface area contributed by atoms with E-state index in [2.05, 4.69) is 0 Å². The number of nitrogens with zero attached hydrogens (tertiary/aromatic N) is 2. The van der Waals surface area contributed by atoms with E-state index in [4.69, 9.17) is 21.8 Å². The first-order valence-corrected chi connectivity index (χ1v) is 5.94. The van der Waals surface area contributed by atoms with Crippen molar-refractivity contribution in [3.63, 3.8) is 0 Å². The minimum atomic E-state index is -1.12. The first-order chi connectivity index (χ1) is 8.95. The number of hydrogen-bond acceptors (Lipinski definition) is 3. The van der Waals surface area contributed by atoms with Crippen LogP contribution in [0.25, 0.3) is 0 Å². The molecule has 0 aromatic heterocycles. The van der Waals surface area contributed by atoms with Crippen LogP contribution in [0.15, 0.2) is 24.3 Å². The molecule has 0 saturated carbocycles. The van der Waals surface area contributed by atoms with Gasteiger partial charge in [-0.05, 0) is 24.3 Å². The zero-order valence-corrected chi connectivity index (χ0v) is 11.2. The molecule has 1 rings (SSSR count). The topological polar surface area (TPSA) is 81.1 Å². The Morgan fingerprint density at radius 1 is 1.26 bits per heavy atom. The number of carbonyl (C=O) groups is 2. The average molecular weight is 287 g/mol. The lowest BCUT2D eigenvalue weighted by Gasteiger charge is -2.26. The maximum Gasteiger partial charge on any atom is 0.324 e. The molecular weight excluding hydrogens is 272 g/mol. The molecule has 19 heavy (non-hydrogen) atoms. The zero-order chi connectivity index (χ0) is 14.4. The van der Waals surface area contributed by atoms with Crippen LogP contribution >= 0.6 is 11.6 Å². The number of rotatable bonds is 5. The van der Waals surface area contributed by atoms with Crippen LogP contribution in [0.3, 0.4) is 0 Å². The van der Waals surface area contributed by atoms with Gasteiger partial charge in [-0.15, -0.1) is 0 Å². The van der Waals surface area contributed by atoms with E-state index in [0.717, 1.165) is 4.90 Å². The summed E-state index contributed by atoms with van der Waals surface area (Å²) in [5.74, 6) is -1.12. The second-order valence-electron chi connectivity index (χ2n) is 3.88. The van der Waals surface area contributed by atoms with Crippen LogP contribution in [-0.2, 0) is 4.79 Å². The van der Waals surface area contributed by atoms with Gasteiger partial charge in [-0.1, -0.05) is 11.6 Å². The van der Waals surface area contributed by atoms with Gasteiger partial charge >= 0.3 is 12.0 Å². The molecule has 7 heteroatoms. The Hall–Kier alpha value is -1.79. The first kappa shape index (κ1) is 15.3. The van der Waals surface area contributed by atoms with E-state index in [1.165, 1.54) is 11.9 Å². The number of aliphatic hydroxyl groups excluding tert-OH is 1. The van der Waals surface area contributed by atoms with E-state index < -0.39 is 18.5 Å². The van der Waals surface area contributed by atoms with Crippen molar-refractivity contribution in [2.24, 2.45) is 0 Å². The lowest BCUT2D eigenvalue weighted by Crippen LogP contribution is -2.44. The summed E-state index contributed by atoms with van der Waals surface area (Å²) in [5.41, 5.74) is 0.432. The largest absolute Gasteiger partial charge is 0.480 e. The van der Waals surface area contributed by atoms with Crippen LogP contribution in [0.4, 0.5) is 10.5 Å². The molecule has 104 valence electrons. The van der Waals surface area contributed by atoms with Crippen LogP contribution in [0, 0.1) is 0 Å². The normalized spacial score (nSPS) is 10.1. The van der Waals surface area contributed by atoms with Crippen molar-refractivity contribution >= 4 is 29.3 Å². The molecule has 0 aliphatic rings. The number of amides is 2. The van der Waals surface area contributed by atoms with Crippen molar-refractivity contribution in [2.45, 2.75) is 0 Å². The Labute approximate surface area is 115 Å². The van der Waals surface area contributed by atoms with Crippen molar-refractivity contribution in [1.29, 1.82) is 0 Å². The summed E-state index contributed by atoms with van der Waals surface area (Å²) >= 11 is 5.75. The molecule has 0 aliphatic heterocycles. The number of aliphatic carboxylic acids is 1. The fraction of sp³-hybridized carbons (Fsp3) is 0.333. The number of carboxylic acids is 1. The molecule has 0 fully saturated rings. The molecule has 6 nitrogen and oxygen atoms in total. The van der Waals surface area contributed by atoms with Crippen molar-refractivity contribution in [3.05, 3.63) is 29.3 Å². The zero-order valence-electron chi connectivity index (χ0n) is 10.4.